The predicted octanol–water partition coefficient (Wildman–Crippen LogP) is 2.61. The molecule has 1 aliphatic rings. The van der Waals surface area contributed by atoms with Crippen molar-refractivity contribution < 1.29 is 38.1 Å². The van der Waals surface area contributed by atoms with Gasteiger partial charge in [0.25, 0.3) is 0 Å². The van der Waals surface area contributed by atoms with Gasteiger partial charge in [0.05, 0.1) is 18.9 Å². The van der Waals surface area contributed by atoms with Gasteiger partial charge in [0, 0.05) is 0 Å². The molecule has 3 heterocycles. The summed E-state index contributed by atoms with van der Waals surface area (Å²) < 4.78 is 38.7. The maximum atomic E-state index is 14.2. The van der Waals surface area contributed by atoms with E-state index < -0.39 is 50.3 Å². The molecule has 0 radical (unpaired) electrons. The highest BCUT2D eigenvalue weighted by Crippen LogP contribution is 2.47. The molecule has 2 aromatic carbocycles. The SMILES string of the molecule is CCOC(=O)[C@H](Cc1ccccc1)NP(=O)(OC[C@H]1O[C@@](C)(c2ccc3c(N)ncnn23)[C@H](O)[C@@H]1O)Oc1ccccc1. The first-order valence-electron chi connectivity index (χ1n) is 13.7. The first-order chi connectivity index (χ1) is 20.6. The van der Waals surface area contributed by atoms with Crippen molar-refractivity contribution >= 4 is 25.1 Å². The van der Waals surface area contributed by atoms with Crippen molar-refractivity contribution in [1.82, 2.24) is 19.7 Å². The molecule has 2 aromatic heterocycles. The van der Waals surface area contributed by atoms with Crippen LogP contribution < -0.4 is 15.3 Å². The number of nitrogen functional groups attached to an aromatic ring is 1. The Hall–Kier alpha value is -3.84. The number of nitrogens with zero attached hydrogens (tertiary/aromatic N) is 3. The van der Waals surface area contributed by atoms with Crippen molar-refractivity contribution in [2.45, 2.75) is 50.2 Å². The van der Waals surface area contributed by atoms with Gasteiger partial charge in [0.1, 0.15) is 47.5 Å². The van der Waals surface area contributed by atoms with Crippen molar-refractivity contribution in [3.63, 3.8) is 0 Å². The third kappa shape index (κ3) is 6.57. The van der Waals surface area contributed by atoms with Crippen LogP contribution in [-0.4, -0.2) is 68.3 Å². The smallest absolute Gasteiger partial charge is 0.459 e. The molecular weight excluding hydrogens is 577 g/mol. The van der Waals surface area contributed by atoms with Gasteiger partial charge in [-0.05, 0) is 50.1 Å². The van der Waals surface area contributed by atoms with E-state index in [1.165, 1.54) is 10.8 Å². The van der Waals surface area contributed by atoms with Gasteiger partial charge in [-0.15, -0.1) is 0 Å². The van der Waals surface area contributed by atoms with Gasteiger partial charge in [-0.3, -0.25) is 9.32 Å². The Morgan fingerprint density at radius 2 is 1.84 bits per heavy atom. The number of ether oxygens (including phenoxy) is 2. The van der Waals surface area contributed by atoms with E-state index in [2.05, 4.69) is 15.2 Å². The number of benzene rings is 2. The van der Waals surface area contributed by atoms with Crippen LogP contribution in [0.4, 0.5) is 5.82 Å². The fourth-order valence-electron chi connectivity index (χ4n) is 5.00. The molecule has 14 heteroatoms. The number of para-hydroxylation sites is 1. The molecule has 5 rings (SSSR count). The second kappa shape index (κ2) is 12.8. The normalized spacial score (nSPS) is 24.0. The van der Waals surface area contributed by atoms with Crippen molar-refractivity contribution in [2.24, 2.45) is 0 Å². The number of esters is 1. The first kappa shape index (κ1) is 30.6. The van der Waals surface area contributed by atoms with E-state index in [0.717, 1.165) is 5.56 Å². The van der Waals surface area contributed by atoms with Crippen molar-refractivity contribution in [3.8, 4) is 5.75 Å². The van der Waals surface area contributed by atoms with Crippen LogP contribution in [0.1, 0.15) is 25.1 Å². The highest BCUT2D eigenvalue weighted by atomic mass is 31.2. The lowest BCUT2D eigenvalue weighted by molar-refractivity contribution is -0.145. The first-order valence-corrected chi connectivity index (χ1v) is 15.3. The lowest BCUT2D eigenvalue weighted by atomic mass is 9.93. The summed E-state index contributed by atoms with van der Waals surface area (Å²) >= 11 is 0. The average molecular weight is 612 g/mol. The fraction of sp³-hybridized carbons (Fsp3) is 0.345. The van der Waals surface area contributed by atoms with E-state index in [9.17, 15) is 19.6 Å². The molecule has 0 amide bonds. The molecule has 1 fully saturated rings. The monoisotopic (exact) mass is 611 g/mol. The number of aromatic nitrogens is 3. The number of nitrogens with two attached hydrogens (primary N) is 1. The van der Waals surface area contributed by atoms with Gasteiger partial charge in [-0.25, -0.2) is 14.1 Å². The highest BCUT2D eigenvalue weighted by Gasteiger charge is 2.54. The lowest BCUT2D eigenvalue weighted by Gasteiger charge is -2.28. The number of aliphatic hydroxyl groups excluding tert-OH is 2. The van der Waals surface area contributed by atoms with Gasteiger partial charge < -0.3 is 29.9 Å². The summed E-state index contributed by atoms with van der Waals surface area (Å²) in [4.78, 5) is 16.9. The molecule has 43 heavy (non-hydrogen) atoms. The van der Waals surface area contributed by atoms with Gasteiger partial charge in [-0.2, -0.15) is 10.2 Å². The molecule has 5 N–H and O–H groups in total. The molecule has 0 aliphatic carbocycles. The van der Waals surface area contributed by atoms with Crippen LogP contribution in [0.2, 0.25) is 0 Å². The third-order valence-electron chi connectivity index (χ3n) is 7.20. The summed E-state index contributed by atoms with van der Waals surface area (Å²) in [6, 6.07) is 19.7. The van der Waals surface area contributed by atoms with Crippen molar-refractivity contribution in [3.05, 3.63) is 90.4 Å². The molecule has 228 valence electrons. The number of carbonyl (C=O) groups excluding carboxylic acids is 1. The summed E-state index contributed by atoms with van der Waals surface area (Å²) in [6.07, 6.45) is -2.59. The Labute approximate surface area is 248 Å². The standard InChI is InChI=1S/C29H34N5O8P/c1-3-39-28(37)21(16-19-10-6-4-7-11-19)33-43(38,42-20-12-8-5-9-13-20)40-17-23-25(35)26(36)29(2,41-23)24-15-14-22-27(30)31-18-32-34(22)24/h4-15,18,21,23,25-26,35-36H,3,16-17H2,1-2H3,(H,33,38)(H2,30,31,32)/t21-,23+,25+,26+,29-,43?/m0/s1. The summed E-state index contributed by atoms with van der Waals surface area (Å²) in [5.74, 6) is -0.196. The zero-order valence-electron chi connectivity index (χ0n) is 23.6. The largest absolute Gasteiger partial charge is 0.465 e. The Morgan fingerprint density at radius 3 is 2.53 bits per heavy atom. The molecule has 1 aliphatic heterocycles. The van der Waals surface area contributed by atoms with Crippen LogP contribution in [0.25, 0.3) is 5.52 Å². The molecule has 1 saturated heterocycles. The van der Waals surface area contributed by atoms with Gasteiger partial charge in [-0.1, -0.05) is 48.5 Å². The lowest BCUT2D eigenvalue weighted by Crippen LogP contribution is -2.41. The van der Waals surface area contributed by atoms with Gasteiger partial charge in [0.15, 0.2) is 5.82 Å². The summed E-state index contributed by atoms with van der Waals surface area (Å²) in [6.45, 7) is 2.91. The molecule has 13 nitrogen and oxygen atoms in total. The Bertz CT molecular complexity index is 1590. The summed E-state index contributed by atoms with van der Waals surface area (Å²) in [5.41, 5.74) is 6.21. The molecule has 6 atom stereocenters. The minimum atomic E-state index is -4.32. The zero-order chi connectivity index (χ0) is 30.6. The van der Waals surface area contributed by atoms with Crippen LogP contribution in [0.3, 0.4) is 0 Å². The number of hydrogen-bond acceptors (Lipinski definition) is 11. The summed E-state index contributed by atoms with van der Waals surface area (Å²) in [7, 11) is -4.32. The van der Waals surface area contributed by atoms with E-state index in [1.807, 2.05) is 30.3 Å². The predicted molar refractivity (Wildman–Crippen MR) is 156 cm³/mol. The second-order valence-corrected chi connectivity index (χ2v) is 11.9. The van der Waals surface area contributed by atoms with Crippen LogP contribution in [0, 0.1) is 0 Å². The van der Waals surface area contributed by atoms with E-state index >= 15 is 0 Å². The second-order valence-electron chi connectivity index (χ2n) is 10.2. The van der Waals surface area contributed by atoms with E-state index in [4.69, 9.17) is 24.3 Å². The van der Waals surface area contributed by atoms with Gasteiger partial charge in [0.2, 0.25) is 0 Å². The third-order valence-corrected chi connectivity index (χ3v) is 8.77. The highest BCUT2D eigenvalue weighted by molar-refractivity contribution is 7.52. The van der Waals surface area contributed by atoms with Crippen LogP contribution in [0.5, 0.6) is 5.75 Å². The fourth-order valence-corrected chi connectivity index (χ4v) is 6.50. The summed E-state index contributed by atoms with van der Waals surface area (Å²) in [5, 5.41) is 29.0. The Balaban J connectivity index is 1.39. The zero-order valence-corrected chi connectivity index (χ0v) is 24.5. The quantitative estimate of drug-likeness (QED) is 0.136. The van der Waals surface area contributed by atoms with Crippen LogP contribution >= 0.6 is 7.75 Å². The maximum Gasteiger partial charge on any atom is 0.459 e. The van der Waals surface area contributed by atoms with E-state index in [-0.39, 0.29) is 24.6 Å². The van der Waals surface area contributed by atoms with Crippen molar-refractivity contribution in [1.29, 1.82) is 0 Å². The number of carbonyl (C=O) groups is 1. The minimum Gasteiger partial charge on any atom is -0.465 e. The van der Waals surface area contributed by atoms with Crippen LogP contribution in [-0.2, 0) is 35.4 Å². The minimum absolute atomic E-state index is 0.111. The Kier molecular flexibility index (Phi) is 9.11. The number of aliphatic hydroxyl groups is 2. The molecule has 0 bridgehead atoms. The van der Waals surface area contributed by atoms with Gasteiger partial charge >= 0.3 is 13.7 Å². The molecule has 4 aromatic rings. The van der Waals surface area contributed by atoms with E-state index in [0.29, 0.717) is 11.2 Å². The maximum absolute atomic E-state index is 14.2. The number of fused-ring (bicyclic) bond motifs is 1. The number of rotatable bonds is 12. The number of nitrogens with one attached hydrogen (secondary N) is 1. The topological polar surface area (TPSA) is 180 Å². The molecular formula is C29H34N5O8P. The molecule has 0 spiro atoms. The Morgan fingerprint density at radius 1 is 1.14 bits per heavy atom. The number of hydrogen-bond donors (Lipinski definition) is 4. The number of anilines is 1. The van der Waals surface area contributed by atoms with Crippen molar-refractivity contribution in [2.75, 3.05) is 18.9 Å². The van der Waals surface area contributed by atoms with Crippen LogP contribution in [0.15, 0.2) is 79.1 Å². The van der Waals surface area contributed by atoms with E-state index in [1.54, 1.807) is 56.3 Å². The average Bonchev–Trinajstić information content (AvgIpc) is 3.54. The molecule has 1 unspecified atom stereocenters. The molecule has 0 saturated carbocycles.